The Morgan fingerprint density at radius 3 is 2.94 bits per heavy atom. The number of hydrogen-bond acceptors (Lipinski definition) is 3. The molecule has 1 atom stereocenters. The number of aryl methyl sites for hydroxylation is 1. The Kier molecular flexibility index (Phi) is 4.78. The molecule has 1 aromatic rings. The molecule has 0 radical (unpaired) electrons. The molecule has 1 saturated heterocycles. The van der Waals surface area contributed by atoms with Crippen LogP contribution in [-0.4, -0.2) is 40.4 Å². The highest BCUT2D eigenvalue weighted by Gasteiger charge is 2.19. The molecule has 1 aliphatic heterocycles. The van der Waals surface area contributed by atoms with Gasteiger partial charge in [0, 0.05) is 32.4 Å². The van der Waals surface area contributed by atoms with E-state index in [0.29, 0.717) is 6.04 Å². The Hall–Kier alpha value is -0.870. The van der Waals surface area contributed by atoms with Crippen molar-refractivity contribution in [1.82, 2.24) is 20.0 Å². The molecule has 4 heteroatoms. The van der Waals surface area contributed by atoms with Crippen molar-refractivity contribution in [2.75, 3.05) is 19.6 Å². The minimum absolute atomic E-state index is 0.578. The van der Waals surface area contributed by atoms with Gasteiger partial charge in [0.05, 0.1) is 5.69 Å². The van der Waals surface area contributed by atoms with E-state index in [1.165, 1.54) is 38.2 Å². The third-order valence-corrected chi connectivity index (χ3v) is 3.76. The maximum Gasteiger partial charge on any atom is 0.0764 e. The van der Waals surface area contributed by atoms with Crippen molar-refractivity contribution in [1.29, 1.82) is 0 Å². The van der Waals surface area contributed by atoms with Crippen LogP contribution in [0.3, 0.4) is 0 Å². The second-order valence-corrected chi connectivity index (χ2v) is 5.72. The minimum Gasteiger partial charge on any atom is -0.316 e. The Labute approximate surface area is 110 Å². The SMILES string of the molecule is CC(C)N(Cc1ccn(C)n1)CC1CCCNC1. The molecule has 1 N–H and O–H groups in total. The molecule has 1 unspecified atom stereocenters. The number of nitrogens with one attached hydrogen (secondary N) is 1. The summed E-state index contributed by atoms with van der Waals surface area (Å²) in [5.41, 5.74) is 1.18. The molecule has 0 amide bonds. The summed E-state index contributed by atoms with van der Waals surface area (Å²) in [6.07, 6.45) is 4.70. The second kappa shape index (κ2) is 6.34. The Morgan fingerprint density at radius 1 is 1.56 bits per heavy atom. The van der Waals surface area contributed by atoms with Crippen molar-refractivity contribution < 1.29 is 0 Å². The van der Waals surface area contributed by atoms with E-state index < -0.39 is 0 Å². The third kappa shape index (κ3) is 3.82. The first kappa shape index (κ1) is 13.6. The molecule has 0 saturated carbocycles. The van der Waals surface area contributed by atoms with Crippen LogP contribution in [0.5, 0.6) is 0 Å². The fourth-order valence-electron chi connectivity index (χ4n) is 2.62. The van der Waals surface area contributed by atoms with Crippen molar-refractivity contribution in [3.05, 3.63) is 18.0 Å². The van der Waals surface area contributed by atoms with Gasteiger partial charge in [0.25, 0.3) is 0 Å². The molecular formula is C14H26N4. The highest BCUT2D eigenvalue weighted by molar-refractivity contribution is 4.99. The summed E-state index contributed by atoms with van der Waals surface area (Å²) < 4.78 is 1.88. The fraction of sp³-hybridized carbons (Fsp3) is 0.786. The largest absolute Gasteiger partial charge is 0.316 e. The first-order valence-electron chi connectivity index (χ1n) is 7.08. The van der Waals surface area contributed by atoms with E-state index in [4.69, 9.17) is 0 Å². The van der Waals surface area contributed by atoms with Crippen LogP contribution < -0.4 is 5.32 Å². The Balaban J connectivity index is 1.90. The minimum atomic E-state index is 0.578. The van der Waals surface area contributed by atoms with Gasteiger partial charge in [0.2, 0.25) is 0 Å². The number of rotatable bonds is 5. The summed E-state index contributed by atoms with van der Waals surface area (Å²) in [4.78, 5) is 2.54. The zero-order valence-corrected chi connectivity index (χ0v) is 11.9. The summed E-state index contributed by atoms with van der Waals surface area (Å²) in [6.45, 7) is 9.07. The summed E-state index contributed by atoms with van der Waals surface area (Å²) in [6, 6.07) is 2.70. The molecule has 1 aliphatic rings. The van der Waals surface area contributed by atoms with Crippen molar-refractivity contribution >= 4 is 0 Å². The van der Waals surface area contributed by atoms with Crippen molar-refractivity contribution in [2.45, 2.75) is 39.3 Å². The van der Waals surface area contributed by atoms with Crippen molar-refractivity contribution in [3.63, 3.8) is 0 Å². The predicted molar refractivity (Wildman–Crippen MR) is 74.3 cm³/mol. The van der Waals surface area contributed by atoms with Crippen LogP contribution in [0.2, 0.25) is 0 Å². The van der Waals surface area contributed by atoms with Gasteiger partial charge in [-0.05, 0) is 51.8 Å². The van der Waals surface area contributed by atoms with Crippen LogP contribution in [0.15, 0.2) is 12.3 Å². The van der Waals surface area contributed by atoms with Gasteiger partial charge in [-0.15, -0.1) is 0 Å². The van der Waals surface area contributed by atoms with E-state index in [1.807, 2.05) is 17.9 Å². The molecular weight excluding hydrogens is 224 g/mol. The normalized spacial score (nSPS) is 20.8. The number of hydrogen-bond donors (Lipinski definition) is 1. The molecule has 0 aliphatic carbocycles. The van der Waals surface area contributed by atoms with E-state index >= 15 is 0 Å². The van der Waals surface area contributed by atoms with Gasteiger partial charge in [0.15, 0.2) is 0 Å². The lowest BCUT2D eigenvalue weighted by atomic mass is 9.98. The van der Waals surface area contributed by atoms with E-state index in [-0.39, 0.29) is 0 Å². The molecule has 4 nitrogen and oxygen atoms in total. The molecule has 0 spiro atoms. The van der Waals surface area contributed by atoms with Gasteiger partial charge in [-0.25, -0.2) is 0 Å². The predicted octanol–water partition coefficient (Wildman–Crippen LogP) is 1.63. The van der Waals surface area contributed by atoms with Gasteiger partial charge in [0.1, 0.15) is 0 Å². The lowest BCUT2D eigenvalue weighted by Crippen LogP contribution is -2.40. The summed E-state index contributed by atoms with van der Waals surface area (Å²) >= 11 is 0. The fourth-order valence-corrected chi connectivity index (χ4v) is 2.62. The molecule has 2 heterocycles. The highest BCUT2D eigenvalue weighted by atomic mass is 15.3. The second-order valence-electron chi connectivity index (χ2n) is 5.72. The topological polar surface area (TPSA) is 33.1 Å². The quantitative estimate of drug-likeness (QED) is 0.862. The van der Waals surface area contributed by atoms with Gasteiger partial charge < -0.3 is 5.32 Å². The lowest BCUT2D eigenvalue weighted by Gasteiger charge is -2.32. The van der Waals surface area contributed by atoms with Crippen LogP contribution in [-0.2, 0) is 13.6 Å². The third-order valence-electron chi connectivity index (χ3n) is 3.76. The average molecular weight is 250 g/mol. The molecule has 2 rings (SSSR count). The van der Waals surface area contributed by atoms with Gasteiger partial charge >= 0.3 is 0 Å². The first-order valence-corrected chi connectivity index (χ1v) is 7.08. The monoisotopic (exact) mass is 250 g/mol. The highest BCUT2D eigenvalue weighted by Crippen LogP contribution is 2.15. The maximum atomic E-state index is 4.49. The molecule has 0 bridgehead atoms. The zero-order chi connectivity index (χ0) is 13.0. The summed E-state index contributed by atoms with van der Waals surface area (Å²) in [7, 11) is 1.98. The molecule has 102 valence electrons. The Bertz CT molecular complexity index is 352. The van der Waals surface area contributed by atoms with E-state index in [1.54, 1.807) is 0 Å². The van der Waals surface area contributed by atoms with Crippen molar-refractivity contribution in [3.8, 4) is 0 Å². The smallest absolute Gasteiger partial charge is 0.0764 e. The molecule has 1 fully saturated rings. The number of nitrogens with zero attached hydrogens (tertiary/aromatic N) is 3. The van der Waals surface area contributed by atoms with Crippen molar-refractivity contribution in [2.24, 2.45) is 13.0 Å². The van der Waals surface area contributed by atoms with Gasteiger partial charge in [-0.3, -0.25) is 9.58 Å². The molecule has 18 heavy (non-hydrogen) atoms. The number of aromatic nitrogens is 2. The van der Waals surface area contributed by atoms with Gasteiger partial charge in [-0.2, -0.15) is 5.10 Å². The van der Waals surface area contributed by atoms with E-state index in [2.05, 4.69) is 35.2 Å². The lowest BCUT2D eigenvalue weighted by molar-refractivity contribution is 0.162. The first-order chi connectivity index (χ1) is 8.65. The summed E-state index contributed by atoms with van der Waals surface area (Å²) in [5.74, 6) is 0.796. The molecule has 1 aromatic heterocycles. The summed E-state index contributed by atoms with van der Waals surface area (Å²) in [5, 5.41) is 7.99. The van der Waals surface area contributed by atoms with Gasteiger partial charge in [-0.1, -0.05) is 0 Å². The van der Waals surface area contributed by atoms with Crippen LogP contribution in [0.25, 0.3) is 0 Å². The van der Waals surface area contributed by atoms with Crippen LogP contribution >= 0.6 is 0 Å². The average Bonchev–Trinajstić information content (AvgIpc) is 2.75. The Morgan fingerprint density at radius 2 is 2.39 bits per heavy atom. The van der Waals surface area contributed by atoms with Crippen LogP contribution in [0.4, 0.5) is 0 Å². The maximum absolute atomic E-state index is 4.49. The van der Waals surface area contributed by atoms with E-state index in [9.17, 15) is 0 Å². The number of piperidine rings is 1. The zero-order valence-electron chi connectivity index (χ0n) is 11.9. The molecule has 0 aromatic carbocycles. The van der Waals surface area contributed by atoms with E-state index in [0.717, 1.165) is 12.5 Å². The van der Waals surface area contributed by atoms with Crippen LogP contribution in [0.1, 0.15) is 32.4 Å². The van der Waals surface area contributed by atoms with Crippen LogP contribution in [0, 0.1) is 5.92 Å². The standard InChI is InChI=1S/C14H26N4/c1-12(2)18(10-13-5-4-7-15-9-13)11-14-6-8-17(3)16-14/h6,8,12-13,15H,4-5,7,9-11H2,1-3H3.